The van der Waals surface area contributed by atoms with E-state index in [1.807, 2.05) is 29.0 Å². The zero-order valence-corrected chi connectivity index (χ0v) is 16.5. The normalized spacial score (nSPS) is 10.8. The van der Waals surface area contributed by atoms with Crippen molar-refractivity contribution >= 4 is 34.4 Å². The molecule has 8 heteroatoms. The second-order valence-corrected chi connectivity index (χ2v) is 7.95. The minimum absolute atomic E-state index is 0.0293. The topological polar surface area (TPSA) is 85.1 Å². The van der Waals surface area contributed by atoms with Gasteiger partial charge in [-0.3, -0.25) is 9.59 Å². The van der Waals surface area contributed by atoms with Crippen molar-refractivity contribution in [3.8, 4) is 10.7 Å². The van der Waals surface area contributed by atoms with Gasteiger partial charge < -0.3 is 9.84 Å². The lowest BCUT2D eigenvalue weighted by atomic mass is 10.1. The van der Waals surface area contributed by atoms with Gasteiger partial charge in [0, 0.05) is 25.8 Å². The van der Waals surface area contributed by atoms with Crippen molar-refractivity contribution in [3.63, 3.8) is 0 Å². The lowest BCUT2D eigenvalue weighted by Crippen LogP contribution is -2.24. The van der Waals surface area contributed by atoms with Crippen LogP contribution in [0.3, 0.4) is 0 Å². The Morgan fingerprint density at radius 3 is 2.67 bits per heavy atom. The molecule has 0 bridgehead atoms. The smallest absolute Gasteiger partial charge is 0.226 e. The monoisotopic (exact) mass is 403 g/mol. The van der Waals surface area contributed by atoms with Gasteiger partial charge in [-0.2, -0.15) is 4.98 Å². The van der Waals surface area contributed by atoms with Gasteiger partial charge in [-0.25, -0.2) is 0 Å². The van der Waals surface area contributed by atoms with E-state index in [1.165, 1.54) is 11.3 Å². The quantitative estimate of drug-likeness (QED) is 0.380. The summed E-state index contributed by atoms with van der Waals surface area (Å²) in [5.41, 5.74) is 0. The summed E-state index contributed by atoms with van der Waals surface area (Å²) in [7, 11) is 0. The summed E-state index contributed by atoms with van der Waals surface area (Å²) < 4.78 is 5.26. The maximum absolute atomic E-state index is 11.8. The van der Waals surface area contributed by atoms with Crippen molar-refractivity contribution in [2.24, 2.45) is 0 Å². The van der Waals surface area contributed by atoms with Gasteiger partial charge >= 0.3 is 0 Å². The molecule has 3 aromatic rings. The number of amides is 1. The number of nitrogens with zero attached hydrogens (tertiary/aromatic N) is 2. The van der Waals surface area contributed by atoms with E-state index in [9.17, 15) is 9.59 Å². The predicted octanol–water partition coefficient (Wildman–Crippen LogP) is 4.35. The number of aromatic nitrogens is 2. The van der Waals surface area contributed by atoms with E-state index in [0.717, 1.165) is 30.6 Å². The number of carbonyl (C=O) groups excluding carboxylic acids is 2. The molecule has 27 heavy (non-hydrogen) atoms. The Morgan fingerprint density at radius 2 is 1.89 bits per heavy atom. The molecule has 0 unspecified atom stereocenters. The summed E-state index contributed by atoms with van der Waals surface area (Å²) in [6, 6.07) is 7.56. The lowest BCUT2D eigenvalue weighted by molar-refractivity contribution is -0.121. The minimum Gasteiger partial charge on any atom is -0.356 e. The number of hydrogen-bond donors (Lipinski definition) is 1. The van der Waals surface area contributed by atoms with Gasteiger partial charge in [-0.1, -0.05) is 23.7 Å². The van der Waals surface area contributed by atoms with Crippen LogP contribution in [0.4, 0.5) is 0 Å². The lowest BCUT2D eigenvalue weighted by Gasteiger charge is -2.04. The molecule has 0 aliphatic heterocycles. The minimum atomic E-state index is -0.0719. The Kier molecular flexibility index (Phi) is 7.29. The summed E-state index contributed by atoms with van der Waals surface area (Å²) in [5, 5.41) is 10.7. The molecule has 3 rings (SSSR count). The zero-order chi connectivity index (χ0) is 18.9. The molecule has 1 N–H and O–H groups in total. The van der Waals surface area contributed by atoms with E-state index in [4.69, 9.17) is 4.52 Å². The molecule has 0 saturated carbocycles. The maximum Gasteiger partial charge on any atom is 0.226 e. The highest BCUT2D eigenvalue weighted by molar-refractivity contribution is 7.13. The van der Waals surface area contributed by atoms with E-state index in [-0.39, 0.29) is 24.5 Å². The van der Waals surface area contributed by atoms with Crippen molar-refractivity contribution in [2.75, 3.05) is 6.54 Å². The van der Waals surface area contributed by atoms with Crippen molar-refractivity contribution < 1.29 is 14.1 Å². The van der Waals surface area contributed by atoms with Crippen molar-refractivity contribution in [2.45, 2.75) is 38.5 Å². The van der Waals surface area contributed by atoms with Gasteiger partial charge in [0.05, 0.1) is 9.75 Å². The summed E-state index contributed by atoms with van der Waals surface area (Å²) in [4.78, 5) is 29.8. The van der Waals surface area contributed by atoms with Crippen LogP contribution in [0.25, 0.3) is 10.7 Å². The van der Waals surface area contributed by atoms with Crippen LogP contribution in [0.1, 0.15) is 47.7 Å². The Balaban J connectivity index is 1.24. The molecule has 142 valence electrons. The van der Waals surface area contributed by atoms with Crippen LogP contribution in [-0.4, -0.2) is 28.4 Å². The van der Waals surface area contributed by atoms with E-state index in [0.29, 0.717) is 23.1 Å². The molecular weight excluding hydrogens is 382 g/mol. The number of unbranched alkanes of at least 4 members (excludes halogenated alkanes) is 2. The third kappa shape index (κ3) is 6.11. The van der Waals surface area contributed by atoms with Gasteiger partial charge in [0.2, 0.25) is 17.6 Å². The van der Waals surface area contributed by atoms with Crippen LogP contribution in [0.15, 0.2) is 39.5 Å². The predicted molar refractivity (Wildman–Crippen MR) is 106 cm³/mol. The van der Waals surface area contributed by atoms with Gasteiger partial charge in [-0.05, 0) is 35.7 Å². The number of Topliss-reactive ketones (excluding diaryl/α,β-unsaturated/α-hetero) is 1. The molecule has 3 heterocycles. The molecule has 0 radical (unpaired) electrons. The molecule has 0 fully saturated rings. The largest absolute Gasteiger partial charge is 0.356 e. The van der Waals surface area contributed by atoms with Gasteiger partial charge in [-0.15, -0.1) is 22.7 Å². The fourth-order valence-electron chi connectivity index (χ4n) is 2.54. The second-order valence-electron chi connectivity index (χ2n) is 6.05. The average Bonchev–Trinajstić information content (AvgIpc) is 3.43. The number of carbonyl (C=O) groups is 2. The number of rotatable bonds is 11. The summed E-state index contributed by atoms with van der Waals surface area (Å²) >= 11 is 3.00. The zero-order valence-electron chi connectivity index (χ0n) is 14.8. The Morgan fingerprint density at radius 1 is 1.04 bits per heavy atom. The molecule has 0 saturated heterocycles. The number of nitrogens with one attached hydrogen (secondary N) is 1. The third-order valence-electron chi connectivity index (χ3n) is 3.97. The number of aryl methyl sites for hydroxylation is 1. The molecule has 6 nitrogen and oxygen atoms in total. The summed E-state index contributed by atoms with van der Waals surface area (Å²) in [6.45, 7) is 0.621. The first-order valence-electron chi connectivity index (χ1n) is 8.92. The van der Waals surface area contributed by atoms with Crippen LogP contribution < -0.4 is 5.32 Å². The van der Waals surface area contributed by atoms with Gasteiger partial charge in [0.1, 0.15) is 0 Å². The van der Waals surface area contributed by atoms with Crippen LogP contribution >= 0.6 is 22.7 Å². The molecule has 0 atom stereocenters. The average molecular weight is 404 g/mol. The van der Waals surface area contributed by atoms with Crippen molar-refractivity contribution in [1.82, 2.24) is 15.5 Å². The molecule has 1 amide bonds. The molecule has 0 aliphatic rings. The van der Waals surface area contributed by atoms with Crippen LogP contribution in [0.5, 0.6) is 0 Å². The fraction of sp³-hybridized carbons (Fsp3) is 0.368. The first-order valence-corrected chi connectivity index (χ1v) is 10.7. The highest BCUT2D eigenvalue weighted by Gasteiger charge is 2.10. The summed E-state index contributed by atoms with van der Waals surface area (Å²) in [6.07, 6.45) is 4.02. The maximum atomic E-state index is 11.8. The van der Waals surface area contributed by atoms with Gasteiger partial charge in [0.15, 0.2) is 5.78 Å². The fourth-order valence-corrected chi connectivity index (χ4v) is 3.89. The first-order chi connectivity index (χ1) is 13.2. The molecular formula is C19H21N3O3S2. The SMILES string of the molecule is O=C(CCC(=O)c1cccs1)NCCCCCc1nc(-c2cccs2)no1. The second kappa shape index (κ2) is 10.1. The molecule has 3 aromatic heterocycles. The first kappa shape index (κ1) is 19.4. The van der Waals surface area contributed by atoms with E-state index in [1.54, 1.807) is 17.4 Å². The summed E-state index contributed by atoms with van der Waals surface area (Å²) in [5.74, 6) is 1.25. The van der Waals surface area contributed by atoms with E-state index >= 15 is 0 Å². The number of ketones is 1. The van der Waals surface area contributed by atoms with E-state index < -0.39 is 0 Å². The molecule has 0 aromatic carbocycles. The Hall–Kier alpha value is -2.32. The Bertz CT molecular complexity index is 842. The number of thiophene rings is 2. The highest BCUT2D eigenvalue weighted by atomic mass is 32.1. The van der Waals surface area contributed by atoms with Crippen molar-refractivity contribution in [1.29, 1.82) is 0 Å². The molecule has 0 aliphatic carbocycles. The third-order valence-corrected chi connectivity index (χ3v) is 5.75. The van der Waals surface area contributed by atoms with Crippen LogP contribution in [0, 0.1) is 0 Å². The van der Waals surface area contributed by atoms with Crippen LogP contribution in [0.2, 0.25) is 0 Å². The molecule has 0 spiro atoms. The van der Waals surface area contributed by atoms with Crippen LogP contribution in [-0.2, 0) is 11.2 Å². The van der Waals surface area contributed by atoms with Gasteiger partial charge in [0.25, 0.3) is 0 Å². The number of hydrogen-bond acceptors (Lipinski definition) is 7. The standard InChI is InChI=1S/C19H21N3O3S2/c23-14(15-6-4-12-26-15)9-10-17(24)20-11-3-1-2-8-18-21-19(22-25-18)16-7-5-13-27-16/h4-7,12-13H,1-3,8-11H2,(H,20,24). The van der Waals surface area contributed by atoms with E-state index in [2.05, 4.69) is 15.5 Å². The Labute approximate surface area is 165 Å². The van der Waals surface area contributed by atoms with Crippen molar-refractivity contribution in [3.05, 3.63) is 45.8 Å². The highest BCUT2D eigenvalue weighted by Crippen LogP contribution is 2.21.